The van der Waals surface area contributed by atoms with Gasteiger partial charge in [-0.1, -0.05) is 34.5 Å². The van der Waals surface area contributed by atoms with Crippen molar-refractivity contribution >= 4 is 46.4 Å². The van der Waals surface area contributed by atoms with E-state index in [1.54, 1.807) is 18.2 Å². The molecule has 0 fully saturated rings. The van der Waals surface area contributed by atoms with Crippen LogP contribution in [0.5, 0.6) is 5.88 Å². The van der Waals surface area contributed by atoms with E-state index >= 15 is 0 Å². The summed E-state index contributed by atoms with van der Waals surface area (Å²) < 4.78 is 0. The maximum Gasteiger partial charge on any atom is 0.307 e. The van der Waals surface area contributed by atoms with E-state index in [9.17, 15) is 9.90 Å². The number of nitrogens with zero attached hydrogens (tertiary/aromatic N) is 1. The Labute approximate surface area is 110 Å². The number of hydrogen-bond donors (Lipinski definition) is 2. The average molecular weight is 289 g/mol. The van der Waals surface area contributed by atoms with Gasteiger partial charge in [0.1, 0.15) is 4.88 Å². The van der Waals surface area contributed by atoms with E-state index in [0.717, 1.165) is 11.3 Å². The Kier molecular flexibility index (Phi) is 3.51. The molecule has 0 amide bonds. The van der Waals surface area contributed by atoms with Gasteiger partial charge in [0.25, 0.3) is 0 Å². The molecule has 1 aromatic heterocycles. The molecule has 0 aliphatic heterocycles. The molecule has 2 aromatic rings. The Balaban J connectivity index is 2.29. The topological polar surface area (TPSA) is 65.5 Å². The second-order valence-electron chi connectivity index (χ2n) is 3.08. The van der Waals surface area contributed by atoms with Crippen molar-refractivity contribution in [1.82, 2.24) is 4.98 Å². The van der Waals surface area contributed by atoms with Gasteiger partial charge in [0.05, 0.1) is 21.9 Å². The number of aromatic nitrogens is 1. The molecule has 0 aliphatic carbocycles. The van der Waals surface area contributed by atoms with Crippen molar-refractivity contribution in [2.24, 2.45) is 4.99 Å². The normalized spacial score (nSPS) is 11.2. The van der Waals surface area contributed by atoms with Gasteiger partial charge in [-0.3, -0.25) is 14.8 Å². The standard InChI is InChI=1S/C10H6Cl2N2O2S/c11-6-2-1-5(3-7(6)12)13-4-8-9(15)14-10(16)17-8/h1-4,15H,(H,14,16). The van der Waals surface area contributed by atoms with Gasteiger partial charge in [-0.2, -0.15) is 0 Å². The van der Waals surface area contributed by atoms with E-state index in [2.05, 4.69) is 9.98 Å². The summed E-state index contributed by atoms with van der Waals surface area (Å²) in [5, 5.41) is 10.2. The van der Waals surface area contributed by atoms with Crippen LogP contribution < -0.4 is 4.87 Å². The Morgan fingerprint density at radius 2 is 2.12 bits per heavy atom. The number of H-pyrrole nitrogens is 1. The first-order valence-electron chi connectivity index (χ1n) is 4.47. The lowest BCUT2D eigenvalue weighted by Gasteiger charge is -1.96. The first kappa shape index (κ1) is 12.2. The number of hydrogen-bond acceptors (Lipinski definition) is 4. The first-order valence-corrected chi connectivity index (χ1v) is 6.04. The number of aromatic amines is 1. The third kappa shape index (κ3) is 2.88. The summed E-state index contributed by atoms with van der Waals surface area (Å²) in [6, 6.07) is 4.89. The van der Waals surface area contributed by atoms with Gasteiger partial charge in [-0.15, -0.1) is 0 Å². The van der Waals surface area contributed by atoms with Gasteiger partial charge in [-0.25, -0.2) is 0 Å². The molecule has 4 nitrogen and oxygen atoms in total. The van der Waals surface area contributed by atoms with E-state index in [4.69, 9.17) is 23.2 Å². The van der Waals surface area contributed by atoms with Crippen molar-refractivity contribution in [3.8, 4) is 5.88 Å². The number of rotatable bonds is 2. The molecule has 0 atom stereocenters. The third-order valence-corrected chi connectivity index (χ3v) is 3.44. The summed E-state index contributed by atoms with van der Waals surface area (Å²) in [6.07, 6.45) is 1.39. The Morgan fingerprint density at radius 1 is 1.35 bits per heavy atom. The zero-order chi connectivity index (χ0) is 12.4. The fourth-order valence-electron chi connectivity index (χ4n) is 1.12. The molecular weight excluding hydrogens is 283 g/mol. The number of thiazole rings is 1. The second-order valence-corrected chi connectivity index (χ2v) is 4.91. The number of benzene rings is 1. The van der Waals surface area contributed by atoms with Gasteiger partial charge in [-0.05, 0) is 18.2 Å². The lowest BCUT2D eigenvalue weighted by Crippen LogP contribution is -1.89. The quantitative estimate of drug-likeness (QED) is 0.834. The Morgan fingerprint density at radius 3 is 2.71 bits per heavy atom. The maximum absolute atomic E-state index is 10.9. The van der Waals surface area contributed by atoms with Crippen molar-refractivity contribution < 1.29 is 5.11 Å². The van der Waals surface area contributed by atoms with Crippen LogP contribution in [0.3, 0.4) is 0 Å². The van der Waals surface area contributed by atoms with Crippen LogP contribution in [0.4, 0.5) is 5.69 Å². The fraction of sp³-hybridized carbons (Fsp3) is 0. The van der Waals surface area contributed by atoms with Crippen LogP contribution >= 0.6 is 34.5 Å². The van der Waals surface area contributed by atoms with Gasteiger partial charge in [0.2, 0.25) is 5.88 Å². The largest absolute Gasteiger partial charge is 0.493 e. The van der Waals surface area contributed by atoms with Crippen LogP contribution in [0.25, 0.3) is 0 Å². The predicted octanol–water partition coefficient (Wildman–Crippen LogP) is 3.20. The molecule has 0 saturated heterocycles. The molecule has 0 unspecified atom stereocenters. The molecule has 17 heavy (non-hydrogen) atoms. The number of halogens is 2. The molecule has 88 valence electrons. The summed E-state index contributed by atoms with van der Waals surface area (Å²) >= 11 is 12.5. The second kappa shape index (κ2) is 4.91. The highest BCUT2D eigenvalue weighted by molar-refractivity contribution is 7.11. The highest BCUT2D eigenvalue weighted by atomic mass is 35.5. The molecule has 0 radical (unpaired) electrons. The molecule has 1 heterocycles. The minimum Gasteiger partial charge on any atom is -0.493 e. The monoisotopic (exact) mass is 288 g/mol. The van der Waals surface area contributed by atoms with E-state index in [1.165, 1.54) is 6.21 Å². The molecule has 1 aromatic carbocycles. The lowest BCUT2D eigenvalue weighted by atomic mass is 10.3. The fourth-order valence-corrected chi connectivity index (χ4v) is 2.01. The highest BCUT2D eigenvalue weighted by Gasteiger charge is 2.03. The van der Waals surface area contributed by atoms with Gasteiger partial charge >= 0.3 is 4.87 Å². The van der Waals surface area contributed by atoms with E-state index in [-0.39, 0.29) is 10.8 Å². The van der Waals surface area contributed by atoms with Crippen molar-refractivity contribution in [2.45, 2.75) is 0 Å². The van der Waals surface area contributed by atoms with Crippen LogP contribution in [-0.2, 0) is 0 Å². The lowest BCUT2D eigenvalue weighted by molar-refractivity contribution is 0.455. The molecule has 0 aliphatic rings. The highest BCUT2D eigenvalue weighted by Crippen LogP contribution is 2.26. The van der Waals surface area contributed by atoms with Crippen LogP contribution in [-0.4, -0.2) is 16.3 Å². The van der Waals surface area contributed by atoms with Gasteiger partial charge in [0, 0.05) is 0 Å². The zero-order valence-electron chi connectivity index (χ0n) is 8.28. The van der Waals surface area contributed by atoms with Crippen molar-refractivity contribution in [1.29, 1.82) is 0 Å². The minimum atomic E-state index is -0.335. The summed E-state index contributed by atoms with van der Waals surface area (Å²) in [7, 11) is 0. The summed E-state index contributed by atoms with van der Waals surface area (Å²) in [6.45, 7) is 0. The molecule has 2 N–H and O–H groups in total. The zero-order valence-corrected chi connectivity index (χ0v) is 10.6. The van der Waals surface area contributed by atoms with Crippen LogP contribution in [0.2, 0.25) is 10.0 Å². The molecule has 2 rings (SSSR count). The minimum absolute atomic E-state index is 0.191. The van der Waals surface area contributed by atoms with Crippen molar-refractivity contribution in [3.05, 3.63) is 42.8 Å². The average Bonchev–Trinajstić information content (AvgIpc) is 2.59. The number of nitrogens with one attached hydrogen (secondary N) is 1. The third-order valence-electron chi connectivity index (χ3n) is 1.89. The van der Waals surface area contributed by atoms with Crippen LogP contribution in [0, 0.1) is 0 Å². The smallest absolute Gasteiger partial charge is 0.307 e. The van der Waals surface area contributed by atoms with Crippen molar-refractivity contribution in [3.63, 3.8) is 0 Å². The van der Waals surface area contributed by atoms with Crippen LogP contribution in [0.15, 0.2) is 28.0 Å². The predicted molar refractivity (Wildman–Crippen MR) is 70.3 cm³/mol. The van der Waals surface area contributed by atoms with Gasteiger partial charge < -0.3 is 5.11 Å². The van der Waals surface area contributed by atoms with E-state index in [0.29, 0.717) is 20.6 Å². The first-order chi connectivity index (χ1) is 8.06. The molecular formula is C10H6Cl2N2O2S. The van der Waals surface area contributed by atoms with Crippen molar-refractivity contribution in [2.75, 3.05) is 0 Å². The summed E-state index contributed by atoms with van der Waals surface area (Å²) in [5.74, 6) is -0.191. The Hall–Kier alpha value is -1.30. The summed E-state index contributed by atoms with van der Waals surface area (Å²) in [4.78, 5) is 17.3. The van der Waals surface area contributed by atoms with Gasteiger partial charge in [0.15, 0.2) is 0 Å². The molecule has 0 bridgehead atoms. The number of aromatic hydroxyl groups is 1. The Bertz CT molecular complexity index is 633. The van der Waals surface area contributed by atoms with E-state index < -0.39 is 0 Å². The SMILES string of the molecule is O=c1[nH]c(O)c(C=Nc2ccc(Cl)c(Cl)c2)s1. The van der Waals surface area contributed by atoms with E-state index in [1.807, 2.05) is 0 Å². The van der Waals surface area contributed by atoms with Crippen LogP contribution in [0.1, 0.15) is 4.88 Å². The molecule has 7 heteroatoms. The maximum atomic E-state index is 10.9. The number of aliphatic imine (C=N–C) groups is 1. The molecule has 0 saturated carbocycles. The molecule has 0 spiro atoms. The summed E-state index contributed by atoms with van der Waals surface area (Å²) in [5.41, 5.74) is 0.583.